The Morgan fingerprint density at radius 1 is 1.19 bits per heavy atom. The van der Waals surface area contributed by atoms with Gasteiger partial charge >= 0.3 is 18.2 Å². The molecule has 0 aliphatic carbocycles. The normalized spacial score (nSPS) is 18.0. The lowest BCUT2D eigenvalue weighted by Crippen LogP contribution is -2.52. The SMILES string of the molecule is CC(C)(C)OC(=O)N[C@H]1CN(C(=O)C(F)(F)F)CC=C1c1ccc(Br)cc1. The molecule has 1 atom stereocenters. The van der Waals surface area contributed by atoms with Gasteiger partial charge in [-0.25, -0.2) is 4.79 Å². The van der Waals surface area contributed by atoms with Crippen LogP contribution >= 0.6 is 15.9 Å². The van der Waals surface area contributed by atoms with Crippen molar-refractivity contribution in [1.29, 1.82) is 0 Å². The third-order valence-electron chi connectivity index (χ3n) is 3.71. The van der Waals surface area contributed by atoms with Crippen molar-refractivity contribution in [3.63, 3.8) is 0 Å². The highest BCUT2D eigenvalue weighted by Gasteiger charge is 2.44. The topological polar surface area (TPSA) is 58.6 Å². The van der Waals surface area contributed by atoms with E-state index in [1.807, 2.05) is 0 Å². The van der Waals surface area contributed by atoms with Crippen molar-refractivity contribution in [3.8, 4) is 0 Å². The molecule has 0 unspecified atom stereocenters. The third-order valence-corrected chi connectivity index (χ3v) is 4.24. The predicted molar refractivity (Wildman–Crippen MR) is 97.9 cm³/mol. The van der Waals surface area contributed by atoms with Crippen molar-refractivity contribution in [2.24, 2.45) is 0 Å². The van der Waals surface area contributed by atoms with E-state index in [2.05, 4.69) is 21.2 Å². The molecule has 1 aliphatic heterocycles. The first-order chi connectivity index (χ1) is 12.4. The Hall–Kier alpha value is -2.03. The quantitative estimate of drug-likeness (QED) is 0.739. The third kappa shape index (κ3) is 5.98. The van der Waals surface area contributed by atoms with Crippen LogP contribution in [0.1, 0.15) is 26.3 Å². The number of hydrogen-bond acceptors (Lipinski definition) is 3. The Balaban J connectivity index is 2.28. The van der Waals surface area contributed by atoms with Crippen LogP contribution < -0.4 is 5.32 Å². The first-order valence-corrected chi connectivity index (χ1v) is 8.98. The van der Waals surface area contributed by atoms with Gasteiger partial charge in [0, 0.05) is 17.6 Å². The lowest BCUT2D eigenvalue weighted by molar-refractivity contribution is -0.185. The van der Waals surface area contributed by atoms with Crippen molar-refractivity contribution in [2.75, 3.05) is 13.1 Å². The van der Waals surface area contributed by atoms with Crippen LogP contribution in [0.4, 0.5) is 18.0 Å². The van der Waals surface area contributed by atoms with Gasteiger partial charge in [0.2, 0.25) is 0 Å². The molecule has 0 aromatic heterocycles. The highest BCUT2D eigenvalue weighted by Crippen LogP contribution is 2.27. The highest BCUT2D eigenvalue weighted by molar-refractivity contribution is 9.10. The predicted octanol–water partition coefficient (Wildman–Crippen LogP) is 4.13. The van der Waals surface area contributed by atoms with Gasteiger partial charge in [0.15, 0.2) is 0 Å². The number of amides is 2. The van der Waals surface area contributed by atoms with Gasteiger partial charge in [0.1, 0.15) is 5.60 Å². The molecule has 0 spiro atoms. The Bertz CT molecular complexity index is 740. The molecule has 1 aromatic carbocycles. The van der Waals surface area contributed by atoms with Crippen LogP contribution in [0.3, 0.4) is 0 Å². The maximum Gasteiger partial charge on any atom is 0.471 e. The van der Waals surface area contributed by atoms with E-state index < -0.39 is 29.8 Å². The molecule has 5 nitrogen and oxygen atoms in total. The van der Waals surface area contributed by atoms with E-state index >= 15 is 0 Å². The molecule has 9 heteroatoms. The van der Waals surface area contributed by atoms with E-state index in [1.54, 1.807) is 45.0 Å². The van der Waals surface area contributed by atoms with E-state index in [0.717, 1.165) is 10.0 Å². The number of alkyl halides is 3. The van der Waals surface area contributed by atoms with Gasteiger partial charge < -0.3 is 15.0 Å². The Labute approximate surface area is 163 Å². The summed E-state index contributed by atoms with van der Waals surface area (Å²) in [7, 11) is 0. The fourth-order valence-electron chi connectivity index (χ4n) is 2.62. The highest BCUT2D eigenvalue weighted by atomic mass is 79.9. The van der Waals surface area contributed by atoms with Gasteiger partial charge in [-0.05, 0) is 44.0 Å². The summed E-state index contributed by atoms with van der Waals surface area (Å²) in [6.07, 6.45) is -4.23. The number of halogens is 4. The second-order valence-corrected chi connectivity index (χ2v) is 7.99. The Morgan fingerprint density at radius 3 is 2.30 bits per heavy atom. The summed E-state index contributed by atoms with van der Waals surface area (Å²) < 4.78 is 44.4. The molecule has 0 radical (unpaired) electrons. The number of rotatable bonds is 2. The fraction of sp³-hybridized carbons (Fsp3) is 0.444. The summed E-state index contributed by atoms with van der Waals surface area (Å²) in [5, 5.41) is 2.57. The molecule has 0 bridgehead atoms. The van der Waals surface area contributed by atoms with Crippen molar-refractivity contribution in [1.82, 2.24) is 10.2 Å². The zero-order chi connectivity index (χ0) is 20.4. The zero-order valence-electron chi connectivity index (χ0n) is 15.1. The van der Waals surface area contributed by atoms with Crippen LogP contribution in [0.15, 0.2) is 34.8 Å². The van der Waals surface area contributed by atoms with Gasteiger partial charge in [0.25, 0.3) is 0 Å². The second kappa shape index (κ2) is 7.92. The number of hydrogen-bond donors (Lipinski definition) is 1. The van der Waals surface area contributed by atoms with Crippen molar-refractivity contribution < 1.29 is 27.5 Å². The summed E-state index contributed by atoms with van der Waals surface area (Å²) in [5.41, 5.74) is 0.597. The smallest absolute Gasteiger partial charge is 0.444 e. The minimum absolute atomic E-state index is 0.198. The van der Waals surface area contributed by atoms with Crippen LogP contribution in [0.25, 0.3) is 5.57 Å². The van der Waals surface area contributed by atoms with Crippen LogP contribution in [-0.2, 0) is 9.53 Å². The largest absolute Gasteiger partial charge is 0.471 e. The maximum absolute atomic E-state index is 12.8. The van der Waals surface area contributed by atoms with E-state index in [9.17, 15) is 22.8 Å². The second-order valence-electron chi connectivity index (χ2n) is 7.07. The molecule has 2 rings (SSSR count). The number of ether oxygens (including phenoxy) is 1. The minimum atomic E-state index is -4.97. The van der Waals surface area contributed by atoms with Crippen molar-refractivity contribution in [3.05, 3.63) is 40.4 Å². The molecule has 0 fully saturated rings. The average molecular weight is 449 g/mol. The van der Waals surface area contributed by atoms with E-state index in [1.165, 1.54) is 6.08 Å². The van der Waals surface area contributed by atoms with Crippen LogP contribution in [0.5, 0.6) is 0 Å². The number of carbonyl (C=O) groups is 2. The summed E-state index contributed by atoms with van der Waals surface area (Å²) in [6, 6.07) is 6.30. The van der Waals surface area contributed by atoms with Crippen molar-refractivity contribution >= 4 is 33.5 Å². The average Bonchev–Trinajstić information content (AvgIpc) is 2.52. The minimum Gasteiger partial charge on any atom is -0.444 e. The van der Waals surface area contributed by atoms with Gasteiger partial charge in [-0.3, -0.25) is 4.79 Å². The number of nitrogens with one attached hydrogen (secondary N) is 1. The summed E-state index contributed by atoms with van der Waals surface area (Å²) >= 11 is 3.32. The molecule has 1 heterocycles. The molecule has 27 heavy (non-hydrogen) atoms. The van der Waals surface area contributed by atoms with E-state index in [0.29, 0.717) is 10.5 Å². The van der Waals surface area contributed by atoms with E-state index in [4.69, 9.17) is 4.74 Å². The van der Waals surface area contributed by atoms with Crippen molar-refractivity contribution in [2.45, 2.75) is 38.6 Å². The zero-order valence-corrected chi connectivity index (χ0v) is 16.6. The summed E-state index contributed by atoms with van der Waals surface area (Å²) in [4.78, 5) is 24.4. The first-order valence-electron chi connectivity index (χ1n) is 8.18. The number of benzene rings is 1. The van der Waals surface area contributed by atoms with Gasteiger partial charge in [-0.2, -0.15) is 13.2 Å². The molecular weight excluding hydrogens is 429 g/mol. The van der Waals surface area contributed by atoms with Gasteiger partial charge in [0.05, 0.1) is 6.04 Å². The van der Waals surface area contributed by atoms with Crippen LogP contribution in [0.2, 0.25) is 0 Å². The molecular formula is C18H20BrF3N2O3. The number of carbonyl (C=O) groups excluding carboxylic acids is 2. The molecule has 1 aliphatic rings. The molecule has 1 N–H and O–H groups in total. The fourth-order valence-corrected chi connectivity index (χ4v) is 2.89. The first kappa shape index (κ1) is 21.3. The monoisotopic (exact) mass is 448 g/mol. The van der Waals surface area contributed by atoms with Crippen LogP contribution in [-0.4, -0.2) is 47.8 Å². The maximum atomic E-state index is 12.8. The number of nitrogens with zero attached hydrogens (tertiary/aromatic N) is 1. The van der Waals surface area contributed by atoms with Gasteiger partial charge in [-0.1, -0.05) is 34.1 Å². The molecule has 0 saturated heterocycles. The van der Waals surface area contributed by atoms with Crippen LogP contribution in [0, 0.1) is 0 Å². The Morgan fingerprint density at radius 2 is 1.78 bits per heavy atom. The van der Waals surface area contributed by atoms with E-state index in [-0.39, 0.29) is 13.1 Å². The Kier molecular flexibility index (Phi) is 6.24. The molecule has 0 saturated carbocycles. The number of alkyl carbamates (subject to hydrolysis) is 1. The standard InChI is InChI=1S/C18H20BrF3N2O3/c1-17(2,3)27-16(26)23-14-10-24(15(25)18(20,21)22)9-8-13(14)11-4-6-12(19)7-5-11/h4-8,14H,9-10H2,1-3H3,(H,23,26)/t14-/m0/s1. The molecule has 2 amide bonds. The molecule has 148 valence electrons. The lowest BCUT2D eigenvalue weighted by atomic mass is 9.95. The van der Waals surface area contributed by atoms with Gasteiger partial charge in [-0.15, -0.1) is 0 Å². The lowest BCUT2D eigenvalue weighted by Gasteiger charge is -2.34. The summed E-state index contributed by atoms with van der Waals surface area (Å²) in [6.45, 7) is 4.53. The molecule has 1 aromatic rings. The summed E-state index contributed by atoms with van der Waals surface area (Å²) in [5.74, 6) is -1.94.